The molecule has 5 nitrogen and oxygen atoms in total. The molecule has 6 heteroatoms. The molecule has 0 radical (unpaired) electrons. The van der Waals surface area contributed by atoms with Gasteiger partial charge in [0.2, 0.25) is 0 Å². The molecule has 0 saturated carbocycles. The van der Waals surface area contributed by atoms with Gasteiger partial charge in [-0.3, -0.25) is 4.99 Å². The van der Waals surface area contributed by atoms with Crippen LogP contribution in [0.25, 0.3) is 0 Å². The fraction of sp³-hybridized carbons (Fsp3) is 0.381. The van der Waals surface area contributed by atoms with Crippen molar-refractivity contribution in [2.45, 2.75) is 32.9 Å². The molecular weight excluding hydrogens is 453 g/mol. The second kappa shape index (κ2) is 12.4. The van der Waals surface area contributed by atoms with Gasteiger partial charge in [-0.05, 0) is 36.6 Å². The molecule has 0 spiro atoms. The van der Waals surface area contributed by atoms with E-state index in [9.17, 15) is 0 Å². The van der Waals surface area contributed by atoms with Crippen molar-refractivity contribution in [2.75, 3.05) is 20.8 Å². The van der Waals surface area contributed by atoms with Crippen LogP contribution in [-0.4, -0.2) is 26.7 Å². The summed E-state index contributed by atoms with van der Waals surface area (Å²) in [5, 5.41) is 6.75. The molecule has 148 valence electrons. The second-order valence-electron chi connectivity index (χ2n) is 6.04. The summed E-state index contributed by atoms with van der Waals surface area (Å²) >= 11 is 0. The van der Waals surface area contributed by atoms with Crippen LogP contribution in [0.1, 0.15) is 37.4 Å². The average molecular weight is 483 g/mol. The Morgan fingerprint density at radius 2 is 1.85 bits per heavy atom. The third kappa shape index (κ3) is 7.28. The lowest BCUT2D eigenvalue weighted by molar-refractivity contribution is 0.294. The summed E-state index contributed by atoms with van der Waals surface area (Å²) in [6.07, 6.45) is 0.966. The van der Waals surface area contributed by atoms with E-state index in [0.717, 1.165) is 29.4 Å². The molecule has 2 rings (SSSR count). The van der Waals surface area contributed by atoms with Crippen molar-refractivity contribution in [3.63, 3.8) is 0 Å². The Bertz CT molecular complexity index is 708. The van der Waals surface area contributed by atoms with Crippen LogP contribution in [0.4, 0.5) is 0 Å². The maximum Gasteiger partial charge on any atom is 0.191 e. The third-order valence-electron chi connectivity index (χ3n) is 4.03. The lowest BCUT2D eigenvalue weighted by Gasteiger charge is -2.18. The van der Waals surface area contributed by atoms with Crippen molar-refractivity contribution in [2.24, 2.45) is 4.99 Å². The SMILES string of the molecule is CCCOc1ccc(CNC(=NC)NC(C)c2ccccc2)cc1OC.I. The number of guanidine groups is 1. The number of hydrogen-bond donors (Lipinski definition) is 2. The highest BCUT2D eigenvalue weighted by Gasteiger charge is 2.09. The van der Waals surface area contributed by atoms with Gasteiger partial charge in [0.05, 0.1) is 19.8 Å². The first-order chi connectivity index (χ1) is 12.7. The van der Waals surface area contributed by atoms with E-state index in [1.165, 1.54) is 5.56 Å². The van der Waals surface area contributed by atoms with Gasteiger partial charge in [0.1, 0.15) is 0 Å². The smallest absolute Gasteiger partial charge is 0.191 e. The largest absolute Gasteiger partial charge is 0.493 e. The highest BCUT2D eigenvalue weighted by atomic mass is 127. The summed E-state index contributed by atoms with van der Waals surface area (Å²) in [5.41, 5.74) is 2.32. The maximum absolute atomic E-state index is 5.70. The fourth-order valence-electron chi connectivity index (χ4n) is 2.56. The Labute approximate surface area is 179 Å². The molecule has 0 aliphatic rings. The molecule has 2 N–H and O–H groups in total. The first-order valence-corrected chi connectivity index (χ1v) is 8.99. The molecule has 0 aromatic heterocycles. The summed E-state index contributed by atoms with van der Waals surface area (Å²) in [6, 6.07) is 16.5. The first-order valence-electron chi connectivity index (χ1n) is 8.99. The van der Waals surface area contributed by atoms with Crippen LogP contribution < -0.4 is 20.1 Å². The Kier molecular flexibility index (Phi) is 10.6. The number of ether oxygens (including phenoxy) is 2. The fourth-order valence-corrected chi connectivity index (χ4v) is 2.56. The summed E-state index contributed by atoms with van der Waals surface area (Å²) in [6.45, 7) is 5.53. The first kappa shape index (κ1) is 23.1. The number of aliphatic imine (C=N–C) groups is 1. The normalized spacial score (nSPS) is 11.9. The Balaban J connectivity index is 0.00000364. The van der Waals surface area contributed by atoms with E-state index in [2.05, 4.69) is 41.6 Å². The van der Waals surface area contributed by atoms with E-state index in [0.29, 0.717) is 13.2 Å². The van der Waals surface area contributed by atoms with Crippen LogP contribution in [0.15, 0.2) is 53.5 Å². The molecular formula is C21H30IN3O2. The predicted molar refractivity (Wildman–Crippen MR) is 122 cm³/mol. The number of hydrogen-bond acceptors (Lipinski definition) is 3. The van der Waals surface area contributed by atoms with Gasteiger partial charge in [0, 0.05) is 13.6 Å². The number of halogens is 1. The van der Waals surface area contributed by atoms with Crippen LogP contribution in [0.2, 0.25) is 0 Å². The number of nitrogens with zero attached hydrogens (tertiary/aromatic N) is 1. The van der Waals surface area contributed by atoms with Gasteiger partial charge >= 0.3 is 0 Å². The van der Waals surface area contributed by atoms with Crippen molar-refractivity contribution in [1.82, 2.24) is 10.6 Å². The number of nitrogens with one attached hydrogen (secondary N) is 2. The highest BCUT2D eigenvalue weighted by molar-refractivity contribution is 14.0. The zero-order valence-electron chi connectivity index (χ0n) is 16.5. The Morgan fingerprint density at radius 3 is 2.48 bits per heavy atom. The quantitative estimate of drug-likeness (QED) is 0.329. The van der Waals surface area contributed by atoms with Gasteiger partial charge < -0.3 is 20.1 Å². The molecule has 0 aliphatic carbocycles. The van der Waals surface area contributed by atoms with E-state index in [1.807, 2.05) is 36.4 Å². The number of rotatable bonds is 8. The lowest BCUT2D eigenvalue weighted by Crippen LogP contribution is -2.38. The van der Waals surface area contributed by atoms with Gasteiger partial charge in [-0.15, -0.1) is 24.0 Å². The van der Waals surface area contributed by atoms with E-state index in [1.54, 1.807) is 14.2 Å². The molecule has 2 aromatic rings. The van der Waals surface area contributed by atoms with Crippen LogP contribution in [0.3, 0.4) is 0 Å². The van der Waals surface area contributed by atoms with Crippen LogP contribution in [-0.2, 0) is 6.54 Å². The molecule has 0 fully saturated rings. The van der Waals surface area contributed by atoms with Crippen molar-refractivity contribution >= 4 is 29.9 Å². The molecule has 0 amide bonds. The summed E-state index contributed by atoms with van der Waals surface area (Å²) in [4.78, 5) is 4.31. The monoisotopic (exact) mass is 483 g/mol. The topological polar surface area (TPSA) is 54.9 Å². The molecule has 1 unspecified atom stereocenters. The summed E-state index contributed by atoms with van der Waals surface area (Å²) in [7, 11) is 3.43. The lowest BCUT2D eigenvalue weighted by atomic mass is 10.1. The molecule has 0 aliphatic heterocycles. The van der Waals surface area contributed by atoms with Crippen molar-refractivity contribution < 1.29 is 9.47 Å². The summed E-state index contributed by atoms with van der Waals surface area (Å²) < 4.78 is 11.1. The van der Waals surface area contributed by atoms with Gasteiger partial charge in [-0.2, -0.15) is 0 Å². The number of methoxy groups -OCH3 is 1. The predicted octanol–water partition coefficient (Wildman–Crippen LogP) is 4.53. The van der Waals surface area contributed by atoms with Gasteiger partial charge in [0.15, 0.2) is 17.5 Å². The molecule has 0 saturated heterocycles. The van der Waals surface area contributed by atoms with Crippen molar-refractivity contribution in [3.8, 4) is 11.5 Å². The van der Waals surface area contributed by atoms with Crippen LogP contribution >= 0.6 is 24.0 Å². The molecule has 1 atom stereocenters. The summed E-state index contributed by atoms with van der Waals surface area (Å²) in [5.74, 6) is 2.28. The van der Waals surface area contributed by atoms with E-state index >= 15 is 0 Å². The third-order valence-corrected chi connectivity index (χ3v) is 4.03. The standard InChI is InChI=1S/C21H29N3O2.HI/c1-5-13-26-19-12-11-17(14-20(19)25-4)15-23-21(22-3)24-16(2)18-9-7-6-8-10-18;/h6-12,14,16H,5,13,15H2,1-4H3,(H2,22,23,24);1H. The maximum atomic E-state index is 5.70. The Hall–Kier alpha value is -1.96. The van der Waals surface area contributed by atoms with Gasteiger partial charge in [-0.1, -0.05) is 43.3 Å². The van der Waals surface area contributed by atoms with Crippen LogP contribution in [0.5, 0.6) is 11.5 Å². The zero-order chi connectivity index (χ0) is 18.8. The Morgan fingerprint density at radius 1 is 1.11 bits per heavy atom. The van der Waals surface area contributed by atoms with Gasteiger partial charge in [-0.25, -0.2) is 0 Å². The van der Waals surface area contributed by atoms with E-state index < -0.39 is 0 Å². The molecule has 27 heavy (non-hydrogen) atoms. The highest BCUT2D eigenvalue weighted by Crippen LogP contribution is 2.28. The minimum Gasteiger partial charge on any atom is -0.493 e. The second-order valence-corrected chi connectivity index (χ2v) is 6.04. The molecule has 0 heterocycles. The van der Waals surface area contributed by atoms with Crippen molar-refractivity contribution in [1.29, 1.82) is 0 Å². The van der Waals surface area contributed by atoms with Crippen molar-refractivity contribution in [3.05, 3.63) is 59.7 Å². The average Bonchev–Trinajstić information content (AvgIpc) is 2.70. The minimum atomic E-state index is 0. The van der Waals surface area contributed by atoms with E-state index in [-0.39, 0.29) is 30.0 Å². The van der Waals surface area contributed by atoms with Gasteiger partial charge in [0.25, 0.3) is 0 Å². The molecule has 2 aromatic carbocycles. The van der Waals surface area contributed by atoms with E-state index in [4.69, 9.17) is 9.47 Å². The minimum absolute atomic E-state index is 0. The number of benzene rings is 2. The van der Waals surface area contributed by atoms with Crippen LogP contribution in [0, 0.1) is 0 Å². The molecule has 0 bridgehead atoms. The zero-order valence-corrected chi connectivity index (χ0v) is 18.8.